The molecule has 52 valence electrons. The van der Waals surface area contributed by atoms with Crippen LogP contribution >= 0.6 is 0 Å². The van der Waals surface area contributed by atoms with Crippen LogP contribution in [0.1, 0.15) is 13.8 Å². The molecule has 0 N–H and O–H groups in total. The Labute approximate surface area is 53.9 Å². The molecule has 0 aromatic heterocycles. The van der Waals surface area contributed by atoms with E-state index < -0.39 is 5.41 Å². The van der Waals surface area contributed by atoms with Crippen molar-refractivity contribution in [1.29, 1.82) is 0 Å². The van der Waals surface area contributed by atoms with Gasteiger partial charge < -0.3 is 9.47 Å². The van der Waals surface area contributed by atoms with Gasteiger partial charge in [-0.2, -0.15) is 0 Å². The molecule has 9 heavy (non-hydrogen) atoms. The Balaban J connectivity index is 2.60. The highest BCUT2D eigenvalue weighted by Crippen LogP contribution is 2.20. The summed E-state index contributed by atoms with van der Waals surface area (Å²) in [7, 11) is 0. The molecular formula is C6H10O3. The van der Waals surface area contributed by atoms with Gasteiger partial charge in [-0.25, -0.2) is 0 Å². The van der Waals surface area contributed by atoms with Crippen LogP contribution in [0.4, 0.5) is 0 Å². The fourth-order valence-electron chi connectivity index (χ4n) is 0.646. The zero-order valence-electron chi connectivity index (χ0n) is 5.64. The topological polar surface area (TPSA) is 35.5 Å². The smallest absolute Gasteiger partial charge is 0.315 e. The summed E-state index contributed by atoms with van der Waals surface area (Å²) in [4.78, 5) is 10.8. The van der Waals surface area contributed by atoms with Crippen molar-refractivity contribution in [2.75, 3.05) is 13.4 Å². The van der Waals surface area contributed by atoms with E-state index >= 15 is 0 Å². The van der Waals surface area contributed by atoms with Crippen molar-refractivity contribution in [1.82, 2.24) is 0 Å². The molecule has 0 spiro atoms. The summed E-state index contributed by atoms with van der Waals surface area (Å²) in [6.07, 6.45) is 0. The minimum absolute atomic E-state index is 0.113. The first-order chi connectivity index (χ1) is 4.13. The lowest BCUT2D eigenvalue weighted by Crippen LogP contribution is -2.37. The van der Waals surface area contributed by atoms with Crippen molar-refractivity contribution in [3.63, 3.8) is 0 Å². The summed E-state index contributed by atoms with van der Waals surface area (Å²) < 4.78 is 9.54. The first-order valence-corrected chi connectivity index (χ1v) is 2.88. The minimum atomic E-state index is -0.446. The average Bonchev–Trinajstić information content (AvgIpc) is 1.77. The van der Waals surface area contributed by atoms with Crippen LogP contribution < -0.4 is 0 Å². The Kier molecular flexibility index (Phi) is 1.45. The van der Waals surface area contributed by atoms with Crippen LogP contribution in [-0.2, 0) is 14.3 Å². The normalized spacial score (nSPS) is 25.3. The minimum Gasteiger partial charge on any atom is -0.438 e. The SMILES string of the molecule is CC1(C)COCOC1=O. The van der Waals surface area contributed by atoms with Crippen LogP contribution in [0, 0.1) is 5.41 Å². The van der Waals surface area contributed by atoms with Gasteiger partial charge in [0.25, 0.3) is 0 Å². The van der Waals surface area contributed by atoms with E-state index in [9.17, 15) is 4.79 Å². The van der Waals surface area contributed by atoms with Gasteiger partial charge in [0.2, 0.25) is 0 Å². The second kappa shape index (κ2) is 1.99. The lowest BCUT2D eigenvalue weighted by molar-refractivity contribution is -0.190. The Bertz CT molecular complexity index is 128. The van der Waals surface area contributed by atoms with E-state index in [1.807, 2.05) is 0 Å². The van der Waals surface area contributed by atoms with Crippen LogP contribution in [0.15, 0.2) is 0 Å². The van der Waals surface area contributed by atoms with Crippen LogP contribution in [-0.4, -0.2) is 19.4 Å². The third-order valence-electron chi connectivity index (χ3n) is 1.29. The van der Waals surface area contributed by atoms with E-state index in [0.717, 1.165) is 0 Å². The number of carbonyl (C=O) groups is 1. The van der Waals surface area contributed by atoms with E-state index in [1.54, 1.807) is 13.8 Å². The molecule has 0 amide bonds. The van der Waals surface area contributed by atoms with Gasteiger partial charge in [-0.15, -0.1) is 0 Å². The van der Waals surface area contributed by atoms with Gasteiger partial charge in [0.1, 0.15) is 0 Å². The lowest BCUT2D eigenvalue weighted by Gasteiger charge is -2.26. The molecule has 0 atom stereocenters. The van der Waals surface area contributed by atoms with E-state index in [1.165, 1.54) is 0 Å². The maximum Gasteiger partial charge on any atom is 0.315 e. The Morgan fingerprint density at radius 2 is 2.22 bits per heavy atom. The Morgan fingerprint density at radius 3 is 2.56 bits per heavy atom. The molecule has 3 heteroatoms. The molecule has 0 radical (unpaired) electrons. The number of esters is 1. The second-order valence-electron chi connectivity index (χ2n) is 2.78. The molecule has 0 aromatic carbocycles. The molecule has 1 rings (SSSR count). The van der Waals surface area contributed by atoms with Crippen molar-refractivity contribution in [3.05, 3.63) is 0 Å². The molecule has 0 bridgehead atoms. The van der Waals surface area contributed by atoms with E-state index in [2.05, 4.69) is 4.74 Å². The van der Waals surface area contributed by atoms with Crippen LogP contribution in [0.2, 0.25) is 0 Å². The highest BCUT2D eigenvalue weighted by Gasteiger charge is 2.32. The maximum absolute atomic E-state index is 10.8. The number of hydrogen-bond donors (Lipinski definition) is 0. The number of carbonyl (C=O) groups excluding carboxylic acids is 1. The summed E-state index contributed by atoms with van der Waals surface area (Å²) in [6, 6.07) is 0. The molecule has 1 fully saturated rings. The van der Waals surface area contributed by atoms with Crippen molar-refractivity contribution in [3.8, 4) is 0 Å². The van der Waals surface area contributed by atoms with Gasteiger partial charge in [-0.05, 0) is 13.8 Å². The van der Waals surface area contributed by atoms with Gasteiger partial charge in [-0.1, -0.05) is 0 Å². The summed E-state index contributed by atoms with van der Waals surface area (Å²) in [5, 5.41) is 0. The van der Waals surface area contributed by atoms with Crippen LogP contribution in [0.25, 0.3) is 0 Å². The van der Waals surface area contributed by atoms with E-state index in [4.69, 9.17) is 4.74 Å². The zero-order chi connectivity index (χ0) is 6.91. The number of cyclic esters (lactones) is 1. The second-order valence-corrected chi connectivity index (χ2v) is 2.78. The third kappa shape index (κ3) is 1.21. The molecular weight excluding hydrogens is 120 g/mol. The monoisotopic (exact) mass is 130 g/mol. The molecule has 1 aliphatic heterocycles. The van der Waals surface area contributed by atoms with Gasteiger partial charge in [0.15, 0.2) is 6.79 Å². The largest absolute Gasteiger partial charge is 0.438 e. The summed E-state index contributed by atoms with van der Waals surface area (Å²) in [6.45, 7) is 4.18. The standard InChI is InChI=1S/C6H10O3/c1-6(2)3-8-4-9-5(6)7/h3-4H2,1-2H3. The third-order valence-corrected chi connectivity index (χ3v) is 1.29. The van der Waals surface area contributed by atoms with E-state index in [0.29, 0.717) is 6.61 Å². The van der Waals surface area contributed by atoms with Crippen molar-refractivity contribution in [2.45, 2.75) is 13.8 Å². The van der Waals surface area contributed by atoms with Gasteiger partial charge >= 0.3 is 5.97 Å². The highest BCUT2D eigenvalue weighted by molar-refractivity contribution is 5.76. The quantitative estimate of drug-likeness (QED) is 0.449. The average molecular weight is 130 g/mol. The van der Waals surface area contributed by atoms with Crippen LogP contribution in [0.5, 0.6) is 0 Å². The number of rotatable bonds is 0. The first kappa shape index (κ1) is 6.55. The summed E-state index contributed by atoms with van der Waals surface area (Å²) in [5.41, 5.74) is -0.446. The number of ether oxygens (including phenoxy) is 2. The molecule has 0 unspecified atom stereocenters. The Hall–Kier alpha value is -0.570. The molecule has 3 nitrogen and oxygen atoms in total. The van der Waals surface area contributed by atoms with Crippen molar-refractivity contribution in [2.24, 2.45) is 5.41 Å². The Morgan fingerprint density at radius 1 is 1.56 bits per heavy atom. The molecule has 1 saturated heterocycles. The number of hydrogen-bond acceptors (Lipinski definition) is 3. The van der Waals surface area contributed by atoms with Gasteiger partial charge in [0.05, 0.1) is 12.0 Å². The highest BCUT2D eigenvalue weighted by atomic mass is 16.7. The fraction of sp³-hybridized carbons (Fsp3) is 0.833. The van der Waals surface area contributed by atoms with Gasteiger partial charge in [-0.3, -0.25) is 4.79 Å². The molecule has 0 aromatic rings. The predicted molar refractivity (Wildman–Crippen MR) is 30.7 cm³/mol. The predicted octanol–water partition coefficient (Wildman–Crippen LogP) is 0.543. The first-order valence-electron chi connectivity index (χ1n) is 2.88. The van der Waals surface area contributed by atoms with Crippen LogP contribution in [0.3, 0.4) is 0 Å². The fourth-order valence-corrected chi connectivity index (χ4v) is 0.646. The maximum atomic E-state index is 10.8. The van der Waals surface area contributed by atoms with Crippen molar-refractivity contribution < 1.29 is 14.3 Å². The van der Waals surface area contributed by atoms with Gasteiger partial charge in [0, 0.05) is 0 Å². The van der Waals surface area contributed by atoms with E-state index in [-0.39, 0.29) is 12.8 Å². The molecule has 0 aliphatic carbocycles. The molecule has 1 aliphatic rings. The lowest BCUT2D eigenvalue weighted by atomic mass is 9.95. The molecule has 0 saturated carbocycles. The summed E-state index contributed by atoms with van der Waals surface area (Å²) >= 11 is 0. The molecule has 1 heterocycles. The zero-order valence-corrected chi connectivity index (χ0v) is 5.64. The van der Waals surface area contributed by atoms with Crippen molar-refractivity contribution >= 4 is 5.97 Å². The summed E-state index contributed by atoms with van der Waals surface area (Å²) in [5.74, 6) is -0.172.